The second-order valence-corrected chi connectivity index (χ2v) is 7.66. The van der Waals surface area contributed by atoms with Crippen molar-refractivity contribution in [3.8, 4) is 0 Å². The van der Waals surface area contributed by atoms with Gasteiger partial charge in [0.25, 0.3) is 0 Å². The fraction of sp³-hybridized carbons (Fsp3) is 0.526. The van der Waals surface area contributed by atoms with Crippen LogP contribution in [0.15, 0.2) is 17.1 Å². The Bertz CT molecular complexity index is 1010. The lowest BCUT2D eigenvalue weighted by molar-refractivity contribution is -0.0989. The summed E-state index contributed by atoms with van der Waals surface area (Å²) in [4.78, 5) is 31.7. The van der Waals surface area contributed by atoms with Gasteiger partial charge < -0.3 is 40.7 Å². The van der Waals surface area contributed by atoms with Crippen molar-refractivity contribution < 1.29 is 34.7 Å². The molecule has 2 aromatic heterocycles. The van der Waals surface area contributed by atoms with E-state index >= 15 is 0 Å². The summed E-state index contributed by atoms with van der Waals surface area (Å²) in [7, 11) is 0. The van der Waals surface area contributed by atoms with Crippen LogP contribution in [0.25, 0.3) is 11.0 Å². The third kappa shape index (κ3) is 4.83. The Morgan fingerprint density at radius 2 is 2.06 bits per heavy atom. The monoisotopic (exact) mass is 440 g/mol. The molecule has 11 nitrogen and oxygen atoms in total. The lowest BCUT2D eigenvalue weighted by atomic mass is 10.0. The van der Waals surface area contributed by atoms with Gasteiger partial charge in [0.2, 0.25) is 5.43 Å². The minimum Gasteiger partial charge on any atom is -0.477 e. The van der Waals surface area contributed by atoms with Crippen molar-refractivity contribution in [3.05, 3.63) is 33.9 Å². The first-order chi connectivity index (χ1) is 14.6. The van der Waals surface area contributed by atoms with Crippen LogP contribution in [0.5, 0.6) is 0 Å². The fourth-order valence-electron chi connectivity index (χ4n) is 3.53. The summed E-state index contributed by atoms with van der Waals surface area (Å²) in [5.74, 6) is -2.19. The van der Waals surface area contributed by atoms with Gasteiger partial charge in [-0.3, -0.25) is 4.79 Å². The van der Waals surface area contributed by atoms with Crippen molar-refractivity contribution in [1.29, 1.82) is 0 Å². The lowest BCUT2D eigenvalue weighted by Crippen LogP contribution is -2.49. The predicted octanol–water partition coefficient (Wildman–Crippen LogP) is -1.61. The Balaban J connectivity index is 1.68. The molecule has 0 radical (unpaired) electrons. The van der Waals surface area contributed by atoms with Crippen LogP contribution in [-0.2, 0) is 0 Å². The molecule has 5 atom stereocenters. The third-order valence-electron chi connectivity index (χ3n) is 5.37. The van der Waals surface area contributed by atoms with E-state index in [1.54, 1.807) is 4.90 Å². The van der Waals surface area contributed by atoms with Crippen LogP contribution in [-0.4, -0.2) is 91.6 Å². The Hall–Kier alpha value is -2.64. The van der Waals surface area contributed by atoms with E-state index in [0.29, 0.717) is 19.5 Å². The van der Waals surface area contributed by atoms with Crippen LogP contribution >= 0.6 is 0 Å². The van der Waals surface area contributed by atoms with Gasteiger partial charge in [0.05, 0.1) is 17.6 Å². The molecule has 2 aromatic rings. The van der Waals surface area contributed by atoms with Gasteiger partial charge in [-0.15, -0.1) is 0 Å². The van der Waals surface area contributed by atoms with Crippen molar-refractivity contribution in [2.24, 2.45) is 0 Å². The molecule has 0 bridgehead atoms. The molecular weight excluding hydrogens is 415 g/mol. The molecule has 3 heterocycles. The number of hydrogen-bond donors (Lipinski definition) is 7. The second kappa shape index (κ2) is 9.24. The smallest absolute Gasteiger partial charge is 0.341 e. The van der Waals surface area contributed by atoms with Gasteiger partial charge in [0, 0.05) is 31.9 Å². The maximum absolute atomic E-state index is 14.6. The molecule has 1 aliphatic rings. The van der Waals surface area contributed by atoms with Gasteiger partial charge in [-0.25, -0.2) is 14.2 Å². The minimum absolute atomic E-state index is 0.000589. The first-order valence-corrected chi connectivity index (χ1v) is 9.76. The standard InChI is InChI=1S/C19H25FN4O7/c1-8(25)14(27)16(29)13(26)6-21-9-2-3-24(7-9)18-12(20)4-10-15(28)11(19(30)31)5-22-17(10)23-18/h4-5,8-9,13-14,16,21,25-27,29H,2-3,6-7H2,1H3,(H,30,31)(H,22,23,28)/t8-,9?,13+,14+,16-/m1/s1. The average molecular weight is 440 g/mol. The van der Waals surface area contributed by atoms with E-state index in [1.807, 2.05) is 0 Å². The number of carboxylic acid groups (broad SMARTS) is 1. The summed E-state index contributed by atoms with van der Waals surface area (Å²) < 4.78 is 14.6. The highest BCUT2D eigenvalue weighted by Crippen LogP contribution is 2.24. The normalized spacial score (nSPS) is 20.6. The number of pyridine rings is 2. The summed E-state index contributed by atoms with van der Waals surface area (Å²) in [5, 5.41) is 50.6. The molecule has 1 saturated heterocycles. The number of nitrogens with one attached hydrogen (secondary N) is 2. The molecule has 7 N–H and O–H groups in total. The van der Waals surface area contributed by atoms with E-state index in [9.17, 15) is 34.4 Å². The molecule has 12 heteroatoms. The number of carboxylic acids is 1. The molecule has 3 rings (SSSR count). The highest BCUT2D eigenvalue weighted by atomic mass is 19.1. The first-order valence-electron chi connectivity index (χ1n) is 9.76. The zero-order chi connectivity index (χ0) is 22.9. The van der Waals surface area contributed by atoms with Crippen LogP contribution in [0.2, 0.25) is 0 Å². The number of aliphatic hydroxyl groups is 4. The number of aromatic carboxylic acids is 1. The van der Waals surface area contributed by atoms with E-state index in [1.165, 1.54) is 6.92 Å². The summed E-state index contributed by atoms with van der Waals surface area (Å²) in [5.41, 5.74) is -1.27. The van der Waals surface area contributed by atoms with Crippen molar-refractivity contribution in [3.63, 3.8) is 0 Å². The fourth-order valence-corrected chi connectivity index (χ4v) is 3.53. The molecule has 0 aliphatic carbocycles. The summed E-state index contributed by atoms with van der Waals surface area (Å²) in [6.07, 6.45) is -3.94. The first kappa shape index (κ1) is 23.0. The quantitative estimate of drug-likeness (QED) is 0.252. The van der Waals surface area contributed by atoms with Gasteiger partial charge in [-0.1, -0.05) is 0 Å². The molecule has 1 fully saturated rings. The van der Waals surface area contributed by atoms with Gasteiger partial charge in [0.15, 0.2) is 11.6 Å². The lowest BCUT2D eigenvalue weighted by Gasteiger charge is -2.26. The number of aromatic nitrogens is 2. The molecule has 0 amide bonds. The molecule has 1 aliphatic heterocycles. The highest BCUT2D eigenvalue weighted by molar-refractivity contribution is 5.91. The van der Waals surface area contributed by atoms with Gasteiger partial charge >= 0.3 is 5.97 Å². The molecule has 1 unspecified atom stereocenters. The minimum atomic E-state index is -1.53. The highest BCUT2D eigenvalue weighted by Gasteiger charge is 2.30. The zero-order valence-corrected chi connectivity index (χ0v) is 16.7. The topological polar surface area (TPSA) is 179 Å². The van der Waals surface area contributed by atoms with Crippen LogP contribution < -0.4 is 15.6 Å². The summed E-state index contributed by atoms with van der Waals surface area (Å²) in [6.45, 7) is 2.00. The number of anilines is 1. The van der Waals surface area contributed by atoms with Crippen molar-refractivity contribution in [2.75, 3.05) is 24.5 Å². The van der Waals surface area contributed by atoms with E-state index < -0.39 is 47.2 Å². The van der Waals surface area contributed by atoms with E-state index in [0.717, 1.165) is 12.3 Å². The van der Waals surface area contributed by atoms with Crippen LogP contribution in [0.3, 0.4) is 0 Å². The largest absolute Gasteiger partial charge is 0.477 e. The molecule has 0 spiro atoms. The van der Waals surface area contributed by atoms with Crippen LogP contribution in [0, 0.1) is 5.82 Å². The molecule has 31 heavy (non-hydrogen) atoms. The number of halogens is 1. The SMILES string of the molecule is C[C@@H](O)[C@H](O)[C@H](O)[C@@H](O)CNC1CCN(c2nc3[nH]cc(C(=O)O)c(=O)c3cc2F)C1. The molecular formula is C19H25FN4O7. The van der Waals surface area contributed by atoms with E-state index in [4.69, 9.17) is 5.11 Å². The number of rotatable bonds is 8. The van der Waals surface area contributed by atoms with E-state index in [-0.39, 0.29) is 29.4 Å². The van der Waals surface area contributed by atoms with Gasteiger partial charge in [0.1, 0.15) is 23.4 Å². The van der Waals surface area contributed by atoms with Crippen molar-refractivity contribution in [1.82, 2.24) is 15.3 Å². The predicted molar refractivity (Wildman–Crippen MR) is 108 cm³/mol. The number of aliphatic hydroxyl groups excluding tert-OH is 4. The second-order valence-electron chi connectivity index (χ2n) is 7.66. The maximum Gasteiger partial charge on any atom is 0.341 e. The molecule has 0 aromatic carbocycles. The van der Waals surface area contributed by atoms with Crippen LogP contribution in [0.1, 0.15) is 23.7 Å². The van der Waals surface area contributed by atoms with Crippen molar-refractivity contribution >= 4 is 22.8 Å². The Morgan fingerprint density at radius 3 is 2.71 bits per heavy atom. The summed E-state index contributed by atoms with van der Waals surface area (Å²) >= 11 is 0. The number of aromatic amines is 1. The van der Waals surface area contributed by atoms with Crippen molar-refractivity contribution in [2.45, 2.75) is 43.8 Å². The number of hydrogen-bond acceptors (Lipinski definition) is 9. The van der Waals surface area contributed by atoms with Gasteiger partial charge in [-0.05, 0) is 19.4 Å². The maximum atomic E-state index is 14.6. The zero-order valence-electron chi connectivity index (χ0n) is 16.7. The Labute approximate surface area is 175 Å². The summed E-state index contributed by atoms with van der Waals surface area (Å²) in [6, 6.07) is 0.789. The third-order valence-corrected chi connectivity index (χ3v) is 5.37. The van der Waals surface area contributed by atoms with Crippen LogP contribution in [0.4, 0.5) is 10.2 Å². The number of nitrogens with zero attached hydrogens (tertiary/aromatic N) is 2. The Morgan fingerprint density at radius 1 is 1.35 bits per heavy atom. The number of H-pyrrole nitrogens is 1. The van der Waals surface area contributed by atoms with Gasteiger partial charge in [-0.2, -0.15) is 0 Å². The molecule has 0 saturated carbocycles. The average Bonchev–Trinajstić information content (AvgIpc) is 3.19. The number of carbonyl (C=O) groups is 1. The Kier molecular flexibility index (Phi) is 6.86. The van der Waals surface area contributed by atoms with E-state index in [2.05, 4.69) is 15.3 Å². The number of fused-ring (bicyclic) bond motifs is 1. The molecule has 170 valence electrons.